The maximum absolute atomic E-state index is 11.6. The van der Waals surface area contributed by atoms with E-state index < -0.39 is 22.8 Å². The van der Waals surface area contributed by atoms with Crippen LogP contribution in [0.3, 0.4) is 0 Å². The molecule has 0 unspecified atom stereocenters. The van der Waals surface area contributed by atoms with Gasteiger partial charge >= 0.3 is 6.18 Å². The molecule has 0 aliphatic carbocycles. The summed E-state index contributed by atoms with van der Waals surface area (Å²) in [6.07, 6.45) is -2.67. The van der Waals surface area contributed by atoms with E-state index in [1.807, 2.05) is 0 Å². The number of alkyl halides is 3. The highest BCUT2D eigenvalue weighted by Crippen LogP contribution is 2.13. The van der Waals surface area contributed by atoms with Crippen LogP contribution in [0.2, 0.25) is 0 Å². The van der Waals surface area contributed by atoms with Crippen LogP contribution in [0.15, 0.2) is 0 Å². The lowest BCUT2D eigenvalue weighted by molar-refractivity contribution is -0.173. The first kappa shape index (κ1) is 16.6. The average Bonchev–Trinajstić information content (AvgIpc) is 2.11. The number of nitrogens with one attached hydrogen (secondary N) is 2. The van der Waals surface area contributed by atoms with E-state index in [1.165, 1.54) is 0 Å². The predicted octanol–water partition coefficient (Wildman–Crippen LogP) is 0.0942. The Bertz CT molecular complexity index is 293. The zero-order chi connectivity index (χ0) is 13.4. The monoisotopic (exact) mass is 278 g/mol. The van der Waals surface area contributed by atoms with Crippen molar-refractivity contribution < 1.29 is 26.3 Å². The molecule has 0 amide bonds. The van der Waals surface area contributed by atoms with E-state index in [4.69, 9.17) is 0 Å². The van der Waals surface area contributed by atoms with Crippen molar-refractivity contribution in [3.8, 4) is 0 Å². The van der Waals surface area contributed by atoms with E-state index in [2.05, 4.69) is 14.8 Å². The van der Waals surface area contributed by atoms with E-state index in [0.29, 0.717) is 26.1 Å². The molecule has 5 nitrogen and oxygen atoms in total. The molecule has 0 aromatic heterocycles. The molecule has 0 aromatic carbocycles. The van der Waals surface area contributed by atoms with Gasteiger partial charge in [0.15, 0.2) is 0 Å². The van der Waals surface area contributed by atoms with Gasteiger partial charge in [0.1, 0.15) is 6.61 Å². The van der Waals surface area contributed by atoms with E-state index in [1.54, 1.807) is 0 Å². The predicted molar refractivity (Wildman–Crippen MR) is 57.2 cm³/mol. The summed E-state index contributed by atoms with van der Waals surface area (Å²) in [7, 11) is -3.17. The zero-order valence-corrected chi connectivity index (χ0v) is 10.3. The Hall–Kier alpha value is -0.380. The molecule has 9 heteroatoms. The van der Waals surface area contributed by atoms with E-state index in [0.717, 1.165) is 6.26 Å². The van der Waals surface area contributed by atoms with Gasteiger partial charge in [-0.15, -0.1) is 0 Å². The minimum Gasteiger partial charge on any atom is -0.371 e. The number of hydrogen-bond acceptors (Lipinski definition) is 4. The van der Waals surface area contributed by atoms with E-state index in [-0.39, 0.29) is 6.61 Å². The van der Waals surface area contributed by atoms with Crippen LogP contribution in [-0.2, 0) is 14.8 Å². The van der Waals surface area contributed by atoms with Gasteiger partial charge in [-0.1, -0.05) is 0 Å². The molecule has 0 fully saturated rings. The van der Waals surface area contributed by atoms with E-state index >= 15 is 0 Å². The van der Waals surface area contributed by atoms with Crippen molar-refractivity contribution in [3.63, 3.8) is 0 Å². The van der Waals surface area contributed by atoms with Gasteiger partial charge in [0.2, 0.25) is 10.0 Å². The quantitative estimate of drug-likeness (QED) is 0.587. The van der Waals surface area contributed by atoms with Gasteiger partial charge in [-0.3, -0.25) is 0 Å². The van der Waals surface area contributed by atoms with Crippen LogP contribution in [-0.4, -0.2) is 53.7 Å². The van der Waals surface area contributed by atoms with Gasteiger partial charge in [0.05, 0.1) is 12.9 Å². The Morgan fingerprint density at radius 2 is 1.82 bits per heavy atom. The van der Waals surface area contributed by atoms with Gasteiger partial charge < -0.3 is 10.1 Å². The van der Waals surface area contributed by atoms with Crippen molar-refractivity contribution in [2.24, 2.45) is 0 Å². The fourth-order valence-corrected chi connectivity index (χ4v) is 1.44. The average molecular weight is 278 g/mol. The summed E-state index contributed by atoms with van der Waals surface area (Å²) in [6, 6.07) is 0. The molecule has 104 valence electrons. The molecule has 0 saturated carbocycles. The van der Waals surface area contributed by atoms with Crippen molar-refractivity contribution in [3.05, 3.63) is 0 Å². The van der Waals surface area contributed by atoms with E-state index in [9.17, 15) is 21.6 Å². The number of ether oxygens (including phenoxy) is 1. The summed E-state index contributed by atoms with van der Waals surface area (Å²) in [5.41, 5.74) is 0. The molecule has 0 saturated heterocycles. The lowest BCUT2D eigenvalue weighted by atomic mass is 10.4. The smallest absolute Gasteiger partial charge is 0.371 e. The van der Waals surface area contributed by atoms with Gasteiger partial charge in [-0.05, 0) is 13.0 Å². The minimum absolute atomic E-state index is 0.0288. The maximum atomic E-state index is 11.6. The summed E-state index contributed by atoms with van der Waals surface area (Å²) >= 11 is 0. The van der Waals surface area contributed by atoms with Crippen LogP contribution in [0.25, 0.3) is 0 Å². The Balaban J connectivity index is 3.20. The Morgan fingerprint density at radius 1 is 1.18 bits per heavy atom. The largest absolute Gasteiger partial charge is 0.411 e. The van der Waals surface area contributed by atoms with Crippen molar-refractivity contribution in [1.82, 2.24) is 10.0 Å². The third kappa shape index (κ3) is 15.6. The molecule has 0 spiro atoms. The highest BCUT2D eigenvalue weighted by atomic mass is 32.2. The molecular formula is C8H17F3N2O3S. The Labute approximate surface area is 98.8 Å². The number of halogens is 3. The molecular weight excluding hydrogens is 261 g/mol. The fourth-order valence-electron chi connectivity index (χ4n) is 0.928. The topological polar surface area (TPSA) is 67.4 Å². The van der Waals surface area contributed by atoms with Crippen molar-refractivity contribution in [1.29, 1.82) is 0 Å². The second kappa shape index (κ2) is 7.85. The lowest BCUT2D eigenvalue weighted by Gasteiger charge is -2.08. The molecule has 0 radical (unpaired) electrons. The highest BCUT2D eigenvalue weighted by molar-refractivity contribution is 7.88. The lowest BCUT2D eigenvalue weighted by Crippen LogP contribution is -2.28. The van der Waals surface area contributed by atoms with Gasteiger partial charge in [0.25, 0.3) is 0 Å². The van der Waals surface area contributed by atoms with Crippen LogP contribution in [0, 0.1) is 0 Å². The summed E-state index contributed by atoms with van der Waals surface area (Å²) < 4.78 is 62.8. The molecule has 0 aliphatic heterocycles. The number of sulfonamides is 1. The summed E-state index contributed by atoms with van der Waals surface area (Å²) in [5.74, 6) is 0. The molecule has 0 rings (SSSR count). The summed E-state index contributed by atoms with van der Waals surface area (Å²) in [5, 5.41) is 2.83. The fraction of sp³-hybridized carbons (Fsp3) is 1.00. The summed E-state index contributed by atoms with van der Waals surface area (Å²) in [4.78, 5) is 0. The molecule has 0 aliphatic rings. The second-order valence-electron chi connectivity index (χ2n) is 3.44. The minimum atomic E-state index is -4.29. The van der Waals surface area contributed by atoms with Crippen LogP contribution in [0.4, 0.5) is 13.2 Å². The normalized spacial score (nSPS) is 12.9. The highest BCUT2D eigenvalue weighted by Gasteiger charge is 2.27. The first-order chi connectivity index (χ1) is 7.71. The SMILES string of the molecule is CS(=O)(=O)NCCCNCCOCC(F)(F)F. The third-order valence-corrected chi connectivity index (χ3v) is 2.31. The van der Waals surface area contributed by atoms with Gasteiger partial charge in [-0.25, -0.2) is 13.1 Å². The molecule has 2 N–H and O–H groups in total. The third-order valence-electron chi connectivity index (χ3n) is 1.58. The molecule has 0 atom stereocenters. The van der Waals surface area contributed by atoms with Crippen molar-refractivity contribution in [2.45, 2.75) is 12.6 Å². The Kier molecular flexibility index (Phi) is 7.68. The first-order valence-corrected chi connectivity index (χ1v) is 6.90. The van der Waals surface area contributed by atoms with Crippen LogP contribution in [0.1, 0.15) is 6.42 Å². The standard InChI is InChI=1S/C8H17F3N2O3S/c1-17(14,15)13-4-2-3-12-5-6-16-7-8(9,10)11/h12-13H,2-7H2,1H3. The Morgan fingerprint density at radius 3 is 2.35 bits per heavy atom. The molecule has 17 heavy (non-hydrogen) atoms. The van der Waals surface area contributed by atoms with Crippen LogP contribution in [0.5, 0.6) is 0 Å². The number of rotatable bonds is 9. The summed E-state index contributed by atoms with van der Waals surface area (Å²) in [6.45, 7) is -0.161. The van der Waals surface area contributed by atoms with Crippen molar-refractivity contribution in [2.75, 3.05) is 39.1 Å². The number of hydrogen-bond donors (Lipinski definition) is 2. The van der Waals surface area contributed by atoms with Gasteiger partial charge in [0, 0.05) is 13.1 Å². The van der Waals surface area contributed by atoms with Crippen LogP contribution >= 0.6 is 0 Å². The molecule has 0 heterocycles. The second-order valence-corrected chi connectivity index (χ2v) is 5.27. The first-order valence-electron chi connectivity index (χ1n) is 5.00. The van der Waals surface area contributed by atoms with Gasteiger partial charge in [-0.2, -0.15) is 13.2 Å². The maximum Gasteiger partial charge on any atom is 0.411 e. The van der Waals surface area contributed by atoms with Crippen LogP contribution < -0.4 is 10.0 Å². The molecule has 0 aromatic rings. The molecule has 0 bridgehead atoms. The van der Waals surface area contributed by atoms with Crippen molar-refractivity contribution >= 4 is 10.0 Å². The zero-order valence-electron chi connectivity index (χ0n) is 9.51.